The number of fused-ring (bicyclic) bond motifs is 3. The largest absolute Gasteiger partial charge is 0.469 e. The van der Waals surface area contributed by atoms with E-state index in [1.54, 1.807) is 6.26 Å². The number of aryl methyl sites for hydroxylation is 2. The van der Waals surface area contributed by atoms with E-state index in [4.69, 9.17) is 10.2 Å². The van der Waals surface area contributed by atoms with Crippen LogP contribution >= 0.6 is 0 Å². The number of likely N-dealkylation sites (N-methyl/N-ethyl adjacent to an activating group) is 1. The van der Waals surface area contributed by atoms with Crippen LogP contribution in [0.2, 0.25) is 0 Å². The van der Waals surface area contributed by atoms with Crippen LogP contribution in [0, 0.1) is 0 Å². The highest BCUT2D eigenvalue weighted by molar-refractivity contribution is 5.68. The van der Waals surface area contributed by atoms with Gasteiger partial charge in [0.1, 0.15) is 5.76 Å². The number of furan rings is 1. The van der Waals surface area contributed by atoms with Crippen molar-refractivity contribution in [2.45, 2.75) is 12.8 Å². The molecule has 2 aromatic heterocycles. The number of nitrogens with two attached hydrogens (primary N) is 1. The van der Waals surface area contributed by atoms with Crippen LogP contribution in [0.3, 0.4) is 0 Å². The molecule has 5 heteroatoms. The Kier molecular flexibility index (Phi) is 2.76. The highest BCUT2D eigenvalue weighted by Crippen LogP contribution is 2.33. The summed E-state index contributed by atoms with van der Waals surface area (Å²) >= 11 is 0. The van der Waals surface area contributed by atoms with Crippen molar-refractivity contribution in [1.82, 2.24) is 9.97 Å². The molecule has 94 valence electrons. The second-order valence-corrected chi connectivity index (χ2v) is 4.51. The summed E-state index contributed by atoms with van der Waals surface area (Å²) < 4.78 is 5.47. The molecule has 0 amide bonds. The van der Waals surface area contributed by atoms with Crippen molar-refractivity contribution in [2.24, 2.45) is 5.73 Å². The summed E-state index contributed by atoms with van der Waals surface area (Å²) in [4.78, 5) is 11.0. The second-order valence-electron chi connectivity index (χ2n) is 4.51. The molecule has 0 aliphatic heterocycles. The molecule has 0 saturated heterocycles. The highest BCUT2D eigenvalue weighted by Gasteiger charge is 2.21. The van der Waals surface area contributed by atoms with E-state index < -0.39 is 0 Å². The zero-order valence-corrected chi connectivity index (χ0v) is 10.4. The molecule has 1 aliphatic carbocycles. The van der Waals surface area contributed by atoms with Gasteiger partial charge in [-0.3, -0.25) is 0 Å². The van der Waals surface area contributed by atoms with Gasteiger partial charge in [0.25, 0.3) is 0 Å². The van der Waals surface area contributed by atoms with E-state index >= 15 is 0 Å². The summed E-state index contributed by atoms with van der Waals surface area (Å²) in [7, 11) is 1.95. The van der Waals surface area contributed by atoms with Gasteiger partial charge in [-0.25, -0.2) is 9.97 Å². The number of hydrogen-bond acceptors (Lipinski definition) is 5. The number of anilines is 1. The van der Waals surface area contributed by atoms with Crippen molar-refractivity contribution < 1.29 is 4.42 Å². The summed E-state index contributed by atoms with van der Waals surface area (Å²) in [6.07, 6.45) is 5.51. The molecule has 0 bridgehead atoms. The molecular formula is C13H16N4O. The third-order valence-corrected chi connectivity index (χ3v) is 3.28. The fourth-order valence-corrected chi connectivity index (χ4v) is 2.28. The molecule has 2 heterocycles. The minimum Gasteiger partial charge on any atom is -0.469 e. The van der Waals surface area contributed by atoms with E-state index in [9.17, 15) is 0 Å². The Morgan fingerprint density at radius 3 is 3.17 bits per heavy atom. The lowest BCUT2D eigenvalue weighted by molar-refractivity contribution is 0.506. The molecule has 1 aliphatic rings. The van der Waals surface area contributed by atoms with Crippen LogP contribution in [-0.4, -0.2) is 30.1 Å². The van der Waals surface area contributed by atoms with Gasteiger partial charge in [0.05, 0.1) is 12.0 Å². The highest BCUT2D eigenvalue weighted by atomic mass is 16.3. The molecule has 0 saturated carbocycles. The number of aromatic nitrogens is 2. The topological polar surface area (TPSA) is 68.2 Å². The Hall–Kier alpha value is -1.88. The van der Waals surface area contributed by atoms with Crippen molar-refractivity contribution in [3.8, 4) is 11.3 Å². The predicted molar refractivity (Wildman–Crippen MR) is 69.5 cm³/mol. The molecule has 0 unspecified atom stereocenters. The lowest BCUT2D eigenvalue weighted by Crippen LogP contribution is -2.27. The Morgan fingerprint density at radius 1 is 1.44 bits per heavy atom. The van der Waals surface area contributed by atoms with Gasteiger partial charge in [-0.2, -0.15) is 0 Å². The maximum Gasteiger partial charge on any atom is 0.225 e. The van der Waals surface area contributed by atoms with Gasteiger partial charge < -0.3 is 15.1 Å². The minimum absolute atomic E-state index is 0.591. The smallest absolute Gasteiger partial charge is 0.225 e. The predicted octanol–water partition coefficient (Wildman–Crippen LogP) is 1.23. The lowest BCUT2D eigenvalue weighted by Gasteiger charge is -2.19. The van der Waals surface area contributed by atoms with Crippen LogP contribution in [0.4, 0.5) is 5.95 Å². The average Bonchev–Trinajstić information content (AvgIpc) is 2.87. The zero-order valence-electron chi connectivity index (χ0n) is 10.4. The average molecular weight is 244 g/mol. The summed E-state index contributed by atoms with van der Waals surface area (Å²) in [5.41, 5.74) is 8.84. The van der Waals surface area contributed by atoms with Gasteiger partial charge in [-0.15, -0.1) is 0 Å². The summed E-state index contributed by atoms with van der Waals surface area (Å²) in [6.45, 7) is 1.34. The molecule has 0 fully saturated rings. The fraction of sp³-hybridized carbons (Fsp3) is 0.385. The van der Waals surface area contributed by atoms with Crippen LogP contribution in [0.1, 0.15) is 11.3 Å². The molecule has 2 aromatic rings. The van der Waals surface area contributed by atoms with Crippen molar-refractivity contribution in [3.63, 3.8) is 0 Å². The van der Waals surface area contributed by atoms with E-state index in [2.05, 4.69) is 9.97 Å². The van der Waals surface area contributed by atoms with Gasteiger partial charge in [-0.05, 0) is 18.1 Å². The first kappa shape index (κ1) is 11.2. The molecule has 0 atom stereocenters. The van der Waals surface area contributed by atoms with Crippen LogP contribution in [0.5, 0.6) is 0 Å². The number of hydrogen-bond donors (Lipinski definition) is 1. The van der Waals surface area contributed by atoms with E-state index in [0.29, 0.717) is 12.5 Å². The van der Waals surface area contributed by atoms with Crippen molar-refractivity contribution >= 4 is 5.95 Å². The molecule has 0 aromatic carbocycles. The molecule has 2 N–H and O–H groups in total. The monoisotopic (exact) mass is 244 g/mol. The molecule has 3 rings (SSSR count). The standard InChI is InChI=1S/C13H16N4O/c1-17(6-5-14)13-15-8-9-2-3-11-10(4-7-18-11)12(9)16-13/h4,7-8H,2-3,5-6,14H2,1H3. The summed E-state index contributed by atoms with van der Waals surface area (Å²) in [5, 5.41) is 0. The normalized spacial score (nSPS) is 13.0. The fourth-order valence-electron chi connectivity index (χ4n) is 2.28. The zero-order chi connectivity index (χ0) is 12.5. The Balaban J connectivity index is 2.03. The maximum atomic E-state index is 5.55. The third-order valence-electron chi connectivity index (χ3n) is 3.28. The first-order chi connectivity index (χ1) is 8.79. The first-order valence-corrected chi connectivity index (χ1v) is 6.13. The third kappa shape index (κ3) is 1.76. The van der Waals surface area contributed by atoms with E-state index in [-0.39, 0.29) is 0 Å². The van der Waals surface area contributed by atoms with Crippen LogP contribution in [0.15, 0.2) is 22.9 Å². The molecule has 0 radical (unpaired) electrons. The van der Waals surface area contributed by atoms with Crippen molar-refractivity contribution in [2.75, 3.05) is 25.0 Å². The van der Waals surface area contributed by atoms with E-state index in [1.165, 1.54) is 5.56 Å². The van der Waals surface area contributed by atoms with Gasteiger partial charge in [0.2, 0.25) is 5.95 Å². The Bertz CT molecular complexity index is 564. The molecule has 5 nitrogen and oxygen atoms in total. The van der Waals surface area contributed by atoms with Gasteiger partial charge in [0.15, 0.2) is 0 Å². The first-order valence-electron chi connectivity index (χ1n) is 6.13. The molecular weight excluding hydrogens is 228 g/mol. The van der Waals surface area contributed by atoms with Crippen LogP contribution < -0.4 is 10.6 Å². The van der Waals surface area contributed by atoms with E-state index in [0.717, 1.165) is 36.4 Å². The van der Waals surface area contributed by atoms with Crippen LogP contribution in [0.25, 0.3) is 11.3 Å². The Labute approximate surface area is 106 Å². The quantitative estimate of drug-likeness (QED) is 0.879. The maximum absolute atomic E-state index is 5.55. The number of rotatable bonds is 3. The summed E-state index contributed by atoms with van der Waals surface area (Å²) in [6, 6.07) is 1.98. The van der Waals surface area contributed by atoms with Crippen molar-refractivity contribution in [1.29, 1.82) is 0 Å². The van der Waals surface area contributed by atoms with Crippen LogP contribution in [-0.2, 0) is 12.8 Å². The minimum atomic E-state index is 0.591. The lowest BCUT2D eigenvalue weighted by atomic mass is 9.96. The SMILES string of the molecule is CN(CCN)c1ncc2c(n1)-c1ccoc1CC2. The van der Waals surface area contributed by atoms with E-state index in [1.807, 2.05) is 24.2 Å². The van der Waals surface area contributed by atoms with Gasteiger partial charge in [-0.1, -0.05) is 0 Å². The molecule has 18 heavy (non-hydrogen) atoms. The summed E-state index contributed by atoms with van der Waals surface area (Å²) in [5.74, 6) is 1.74. The Morgan fingerprint density at radius 2 is 2.33 bits per heavy atom. The number of nitrogens with zero attached hydrogens (tertiary/aromatic N) is 3. The van der Waals surface area contributed by atoms with Gasteiger partial charge >= 0.3 is 0 Å². The molecule has 0 spiro atoms. The second kappa shape index (κ2) is 4.42. The van der Waals surface area contributed by atoms with Gasteiger partial charge in [0, 0.05) is 38.3 Å². The van der Waals surface area contributed by atoms with Crippen molar-refractivity contribution in [3.05, 3.63) is 29.9 Å².